The summed E-state index contributed by atoms with van der Waals surface area (Å²) in [5.41, 5.74) is 2.21. The number of amides is 1. The SMILES string of the molecule is C/C(=N/OCC(=O)NCc1ccc(Cl)cc1Cl)c1ccc2c(c1)OCO2. The summed E-state index contributed by atoms with van der Waals surface area (Å²) in [7, 11) is 0. The molecule has 1 aliphatic rings. The first-order valence-corrected chi connectivity index (χ1v) is 8.56. The number of carbonyl (C=O) groups excluding carboxylic acids is 1. The van der Waals surface area contributed by atoms with Crippen LogP contribution in [0.25, 0.3) is 0 Å². The first kappa shape index (κ1) is 18.4. The minimum absolute atomic E-state index is 0.201. The van der Waals surface area contributed by atoms with Crippen molar-refractivity contribution in [2.45, 2.75) is 13.5 Å². The predicted molar refractivity (Wildman–Crippen MR) is 99.0 cm³/mol. The van der Waals surface area contributed by atoms with Crippen LogP contribution in [0.2, 0.25) is 10.0 Å². The van der Waals surface area contributed by atoms with Crippen LogP contribution in [0.5, 0.6) is 11.5 Å². The topological polar surface area (TPSA) is 69.2 Å². The Kier molecular flexibility index (Phi) is 5.85. The molecule has 2 aromatic carbocycles. The molecule has 3 rings (SSSR count). The summed E-state index contributed by atoms with van der Waals surface area (Å²) in [6.07, 6.45) is 0. The molecule has 0 saturated carbocycles. The highest BCUT2D eigenvalue weighted by Gasteiger charge is 2.14. The fraction of sp³-hybridized carbons (Fsp3) is 0.222. The lowest BCUT2D eigenvalue weighted by molar-refractivity contribution is -0.125. The van der Waals surface area contributed by atoms with Crippen LogP contribution < -0.4 is 14.8 Å². The van der Waals surface area contributed by atoms with Gasteiger partial charge in [-0.3, -0.25) is 4.79 Å². The molecule has 1 heterocycles. The second-order valence-electron chi connectivity index (χ2n) is 5.53. The Morgan fingerprint density at radius 1 is 1.19 bits per heavy atom. The van der Waals surface area contributed by atoms with Gasteiger partial charge in [0.25, 0.3) is 5.91 Å². The van der Waals surface area contributed by atoms with Crippen molar-refractivity contribution in [1.29, 1.82) is 0 Å². The first-order chi connectivity index (χ1) is 12.5. The first-order valence-electron chi connectivity index (χ1n) is 7.80. The Balaban J connectivity index is 1.49. The van der Waals surface area contributed by atoms with Crippen molar-refractivity contribution < 1.29 is 19.1 Å². The van der Waals surface area contributed by atoms with Gasteiger partial charge in [-0.15, -0.1) is 0 Å². The summed E-state index contributed by atoms with van der Waals surface area (Å²) in [6.45, 7) is 2.07. The number of ether oxygens (including phenoxy) is 2. The van der Waals surface area contributed by atoms with Crippen molar-refractivity contribution in [3.05, 3.63) is 57.6 Å². The van der Waals surface area contributed by atoms with Crippen LogP contribution in [0.4, 0.5) is 0 Å². The zero-order chi connectivity index (χ0) is 18.5. The quantitative estimate of drug-likeness (QED) is 0.597. The third-order valence-electron chi connectivity index (χ3n) is 3.68. The smallest absolute Gasteiger partial charge is 0.261 e. The monoisotopic (exact) mass is 394 g/mol. The fourth-order valence-corrected chi connectivity index (χ4v) is 2.75. The van der Waals surface area contributed by atoms with Gasteiger partial charge in [-0.25, -0.2) is 0 Å². The number of oxime groups is 1. The van der Waals surface area contributed by atoms with Gasteiger partial charge in [0.05, 0.1) is 5.71 Å². The van der Waals surface area contributed by atoms with E-state index in [2.05, 4.69) is 10.5 Å². The van der Waals surface area contributed by atoms with E-state index < -0.39 is 0 Å². The summed E-state index contributed by atoms with van der Waals surface area (Å²) >= 11 is 11.9. The van der Waals surface area contributed by atoms with Crippen molar-refractivity contribution in [1.82, 2.24) is 5.32 Å². The van der Waals surface area contributed by atoms with E-state index in [4.69, 9.17) is 37.5 Å². The van der Waals surface area contributed by atoms with Crippen molar-refractivity contribution in [2.24, 2.45) is 5.16 Å². The van der Waals surface area contributed by atoms with E-state index in [9.17, 15) is 4.79 Å². The van der Waals surface area contributed by atoms with E-state index >= 15 is 0 Å². The molecule has 1 N–H and O–H groups in total. The van der Waals surface area contributed by atoms with E-state index in [1.54, 1.807) is 31.2 Å². The molecule has 0 aromatic heterocycles. The molecule has 0 aliphatic carbocycles. The summed E-state index contributed by atoms with van der Waals surface area (Å²) in [4.78, 5) is 17.0. The molecule has 1 aliphatic heterocycles. The van der Waals surface area contributed by atoms with E-state index in [0.29, 0.717) is 27.3 Å². The van der Waals surface area contributed by atoms with Crippen molar-refractivity contribution >= 4 is 34.8 Å². The molecule has 2 aromatic rings. The van der Waals surface area contributed by atoms with Crippen LogP contribution in [0.3, 0.4) is 0 Å². The van der Waals surface area contributed by atoms with Crippen LogP contribution in [0, 0.1) is 0 Å². The van der Waals surface area contributed by atoms with E-state index in [0.717, 1.165) is 11.1 Å². The third-order valence-corrected chi connectivity index (χ3v) is 4.27. The lowest BCUT2D eigenvalue weighted by Crippen LogP contribution is -2.26. The molecule has 0 radical (unpaired) electrons. The second kappa shape index (κ2) is 8.29. The van der Waals surface area contributed by atoms with Crippen LogP contribution in [-0.4, -0.2) is 25.0 Å². The lowest BCUT2D eigenvalue weighted by Gasteiger charge is -2.07. The van der Waals surface area contributed by atoms with Crippen LogP contribution in [0.15, 0.2) is 41.6 Å². The zero-order valence-corrected chi connectivity index (χ0v) is 15.4. The third kappa shape index (κ3) is 4.59. The Morgan fingerprint density at radius 2 is 2.00 bits per heavy atom. The van der Waals surface area contributed by atoms with Gasteiger partial charge in [-0.2, -0.15) is 0 Å². The van der Waals surface area contributed by atoms with Gasteiger partial charge in [0.1, 0.15) is 0 Å². The fourth-order valence-electron chi connectivity index (χ4n) is 2.27. The van der Waals surface area contributed by atoms with Gasteiger partial charge in [-0.1, -0.05) is 34.4 Å². The number of fused-ring (bicyclic) bond motifs is 1. The molecule has 8 heteroatoms. The Bertz CT molecular complexity index is 855. The number of hydrogen-bond acceptors (Lipinski definition) is 5. The molecule has 0 unspecified atom stereocenters. The number of halogens is 2. The van der Waals surface area contributed by atoms with Crippen LogP contribution in [-0.2, 0) is 16.2 Å². The Labute approximate surface area is 160 Å². The normalized spacial score (nSPS) is 12.8. The molecule has 0 spiro atoms. The maximum Gasteiger partial charge on any atom is 0.261 e. The standard InChI is InChI=1S/C18H16Cl2N2O4/c1-11(12-3-5-16-17(6-12)25-10-24-16)22-26-9-18(23)21-8-13-2-4-14(19)7-15(13)20/h2-7H,8-10H2,1H3,(H,21,23)/b22-11-. The number of nitrogens with zero attached hydrogens (tertiary/aromatic N) is 1. The Morgan fingerprint density at radius 3 is 2.81 bits per heavy atom. The molecule has 6 nitrogen and oxygen atoms in total. The van der Waals surface area contributed by atoms with Crippen molar-refractivity contribution in [3.63, 3.8) is 0 Å². The average molecular weight is 395 g/mol. The summed E-state index contributed by atoms with van der Waals surface area (Å²) < 4.78 is 10.6. The summed E-state index contributed by atoms with van der Waals surface area (Å²) in [5.74, 6) is 1.05. The maximum atomic E-state index is 11.9. The molecule has 0 fully saturated rings. The predicted octanol–water partition coefficient (Wildman–Crippen LogP) is 3.78. The van der Waals surface area contributed by atoms with Gasteiger partial charge in [0.15, 0.2) is 18.1 Å². The Hall–Kier alpha value is -2.44. The van der Waals surface area contributed by atoms with Crippen molar-refractivity contribution in [3.8, 4) is 11.5 Å². The van der Waals surface area contributed by atoms with E-state index in [1.807, 2.05) is 12.1 Å². The minimum atomic E-state index is -0.307. The van der Waals surface area contributed by atoms with E-state index in [1.165, 1.54) is 0 Å². The molecule has 0 atom stereocenters. The molecular weight excluding hydrogens is 379 g/mol. The lowest BCUT2D eigenvalue weighted by atomic mass is 10.1. The van der Waals surface area contributed by atoms with E-state index in [-0.39, 0.29) is 25.9 Å². The van der Waals surface area contributed by atoms with Gasteiger partial charge in [-0.05, 0) is 42.8 Å². The summed E-state index contributed by atoms with van der Waals surface area (Å²) in [6, 6.07) is 10.6. The largest absolute Gasteiger partial charge is 0.454 e. The molecule has 26 heavy (non-hydrogen) atoms. The number of carbonyl (C=O) groups is 1. The summed E-state index contributed by atoms with van der Waals surface area (Å²) in [5, 5.41) is 7.71. The number of benzene rings is 2. The highest BCUT2D eigenvalue weighted by Crippen LogP contribution is 2.32. The average Bonchev–Trinajstić information content (AvgIpc) is 3.08. The van der Waals surface area contributed by atoms with Crippen LogP contribution >= 0.6 is 23.2 Å². The van der Waals surface area contributed by atoms with Crippen LogP contribution in [0.1, 0.15) is 18.1 Å². The van der Waals surface area contributed by atoms with Gasteiger partial charge < -0.3 is 19.6 Å². The highest BCUT2D eigenvalue weighted by molar-refractivity contribution is 6.35. The maximum absolute atomic E-state index is 11.9. The van der Waals surface area contributed by atoms with Gasteiger partial charge >= 0.3 is 0 Å². The minimum Gasteiger partial charge on any atom is -0.454 e. The highest BCUT2D eigenvalue weighted by atomic mass is 35.5. The number of hydrogen-bond donors (Lipinski definition) is 1. The second-order valence-corrected chi connectivity index (χ2v) is 6.37. The molecule has 136 valence electrons. The molecule has 0 bridgehead atoms. The molecule has 1 amide bonds. The van der Waals surface area contributed by atoms with Crippen molar-refractivity contribution in [2.75, 3.05) is 13.4 Å². The van der Waals surface area contributed by atoms with Gasteiger partial charge in [0, 0.05) is 22.2 Å². The molecule has 0 saturated heterocycles. The molecular formula is C18H16Cl2N2O4. The number of rotatable bonds is 6. The number of nitrogens with one attached hydrogen (secondary N) is 1. The van der Waals surface area contributed by atoms with Gasteiger partial charge in [0.2, 0.25) is 6.79 Å². The zero-order valence-electron chi connectivity index (χ0n) is 13.9.